The zero-order chi connectivity index (χ0) is 19.7. The van der Waals surface area contributed by atoms with Crippen LogP contribution in [0.25, 0.3) is 0 Å². The zero-order valence-corrected chi connectivity index (χ0v) is 16.5. The molecule has 4 rings (SSSR count). The largest absolute Gasteiger partial charge is 0.473 e. The Morgan fingerprint density at radius 1 is 1.29 bits per heavy atom. The van der Waals surface area contributed by atoms with Crippen molar-refractivity contribution in [2.45, 2.75) is 44.6 Å². The van der Waals surface area contributed by atoms with Gasteiger partial charge in [-0.2, -0.15) is 0 Å². The van der Waals surface area contributed by atoms with E-state index in [2.05, 4.69) is 4.98 Å². The number of hydrogen-bond acceptors (Lipinski definition) is 4. The minimum absolute atomic E-state index is 0.0681. The first-order valence-electron chi connectivity index (χ1n) is 9.62. The van der Waals surface area contributed by atoms with Crippen molar-refractivity contribution >= 4 is 17.6 Å². The summed E-state index contributed by atoms with van der Waals surface area (Å²) < 4.78 is 24.5. The summed E-state index contributed by atoms with van der Waals surface area (Å²) in [5.74, 6) is 0.480. The Hall–Kier alpha value is -2.14. The van der Waals surface area contributed by atoms with Gasteiger partial charge in [0.05, 0.1) is 13.0 Å². The molecule has 2 aromatic rings. The molecule has 2 fully saturated rings. The van der Waals surface area contributed by atoms with Crippen LogP contribution >= 0.6 is 11.6 Å². The highest BCUT2D eigenvalue weighted by atomic mass is 35.5. The number of halogens is 2. The van der Waals surface area contributed by atoms with E-state index >= 15 is 0 Å². The Kier molecular flexibility index (Phi) is 5.28. The number of rotatable bonds is 5. The number of carbonyl (C=O) groups excluding carboxylic acids is 1. The molecule has 4 nitrogen and oxygen atoms in total. The van der Waals surface area contributed by atoms with Crippen molar-refractivity contribution in [3.05, 3.63) is 58.5 Å². The Labute approximate surface area is 169 Å². The van der Waals surface area contributed by atoms with Gasteiger partial charge >= 0.3 is 5.97 Å². The number of hydrogen-bond donors (Lipinski definition) is 0. The normalized spacial score (nSPS) is 26.1. The summed E-state index contributed by atoms with van der Waals surface area (Å²) in [6, 6.07) is 10.3. The highest BCUT2D eigenvalue weighted by Gasteiger charge is 2.59. The highest BCUT2D eigenvalue weighted by molar-refractivity contribution is 6.30. The van der Waals surface area contributed by atoms with Crippen molar-refractivity contribution in [1.82, 2.24) is 4.98 Å². The molecule has 0 saturated heterocycles. The molecular formula is C22H23ClFNO3. The topological polar surface area (TPSA) is 48.4 Å². The number of esters is 1. The minimum atomic E-state index is -0.383. The second-order valence-corrected chi connectivity index (χ2v) is 8.28. The van der Waals surface area contributed by atoms with Crippen molar-refractivity contribution in [2.75, 3.05) is 7.11 Å². The molecule has 0 bridgehead atoms. The fraction of sp³-hybridized carbons (Fsp3) is 0.455. The predicted octanol–water partition coefficient (Wildman–Crippen LogP) is 5.29. The van der Waals surface area contributed by atoms with Gasteiger partial charge in [0, 0.05) is 28.3 Å². The number of aromatic nitrogens is 1. The fourth-order valence-corrected chi connectivity index (χ4v) is 4.55. The monoisotopic (exact) mass is 403 g/mol. The molecule has 148 valence electrons. The van der Waals surface area contributed by atoms with E-state index in [4.69, 9.17) is 21.1 Å². The lowest BCUT2D eigenvalue weighted by Gasteiger charge is -2.29. The average molecular weight is 404 g/mol. The van der Waals surface area contributed by atoms with E-state index in [9.17, 15) is 9.18 Å². The Bertz CT molecular complexity index is 880. The summed E-state index contributed by atoms with van der Waals surface area (Å²) in [6.45, 7) is 0.105. The van der Waals surface area contributed by atoms with Crippen molar-refractivity contribution in [3.8, 4) is 5.88 Å². The summed E-state index contributed by atoms with van der Waals surface area (Å²) in [5.41, 5.74) is 1.60. The van der Waals surface area contributed by atoms with Gasteiger partial charge in [-0.05, 0) is 55.7 Å². The van der Waals surface area contributed by atoms with Crippen LogP contribution in [0.1, 0.15) is 49.3 Å². The van der Waals surface area contributed by atoms with E-state index in [1.54, 1.807) is 18.2 Å². The number of methoxy groups -OCH3 is 1. The molecule has 1 heterocycles. The molecule has 0 radical (unpaired) electrons. The van der Waals surface area contributed by atoms with Gasteiger partial charge in [-0.25, -0.2) is 9.37 Å². The second-order valence-electron chi connectivity index (χ2n) is 7.84. The number of benzene rings is 1. The molecule has 1 aromatic heterocycles. The molecule has 2 aliphatic rings. The van der Waals surface area contributed by atoms with Crippen LogP contribution in [-0.2, 0) is 16.1 Å². The lowest BCUT2D eigenvalue weighted by Crippen LogP contribution is -2.20. The lowest BCUT2D eigenvalue weighted by molar-refractivity contribution is -0.143. The van der Waals surface area contributed by atoms with E-state index in [-0.39, 0.29) is 29.7 Å². The standard InChI is InChI=1S/C22H23ClFNO3/c1-27-21(26)17-12-22(17)9-7-14(8-10-22)19-3-2-4-20(25-19)28-13-15-5-6-16(23)11-18(15)24/h2-6,11,14,17H,7-10,12-13H2,1H3. The third-order valence-corrected chi connectivity index (χ3v) is 6.45. The molecule has 1 aromatic carbocycles. The van der Waals surface area contributed by atoms with Gasteiger partial charge in [-0.1, -0.05) is 23.7 Å². The van der Waals surface area contributed by atoms with Gasteiger partial charge in [0.25, 0.3) is 0 Å². The van der Waals surface area contributed by atoms with Crippen LogP contribution in [0.2, 0.25) is 5.02 Å². The van der Waals surface area contributed by atoms with E-state index in [0.717, 1.165) is 37.8 Å². The van der Waals surface area contributed by atoms with Gasteiger partial charge in [0.15, 0.2) is 0 Å². The third kappa shape index (κ3) is 3.86. The average Bonchev–Trinajstić information content (AvgIpc) is 3.40. The SMILES string of the molecule is COC(=O)C1CC12CCC(c1cccc(OCc3ccc(Cl)cc3F)n1)CC2. The van der Waals surface area contributed by atoms with Crippen molar-refractivity contribution < 1.29 is 18.7 Å². The summed E-state index contributed by atoms with van der Waals surface area (Å²) in [4.78, 5) is 16.4. The van der Waals surface area contributed by atoms with Crippen LogP contribution < -0.4 is 4.74 Å². The quantitative estimate of drug-likeness (QED) is 0.636. The molecule has 0 aliphatic heterocycles. The van der Waals surface area contributed by atoms with E-state index in [1.165, 1.54) is 13.2 Å². The number of carbonyl (C=O) groups is 1. The predicted molar refractivity (Wildman–Crippen MR) is 104 cm³/mol. The summed E-state index contributed by atoms with van der Waals surface area (Å²) >= 11 is 5.78. The molecule has 0 N–H and O–H groups in total. The number of nitrogens with zero attached hydrogens (tertiary/aromatic N) is 1. The van der Waals surface area contributed by atoms with Crippen LogP contribution in [-0.4, -0.2) is 18.1 Å². The summed E-state index contributed by atoms with van der Waals surface area (Å²) in [7, 11) is 1.46. The number of pyridine rings is 1. The Balaban J connectivity index is 1.36. The van der Waals surface area contributed by atoms with Gasteiger partial charge < -0.3 is 9.47 Å². The maximum absolute atomic E-state index is 13.9. The first-order valence-corrected chi connectivity index (χ1v) is 10.00. The van der Waals surface area contributed by atoms with Crippen LogP contribution in [0.15, 0.2) is 36.4 Å². The van der Waals surface area contributed by atoms with Crippen molar-refractivity contribution in [2.24, 2.45) is 11.3 Å². The molecule has 2 aliphatic carbocycles. The molecule has 28 heavy (non-hydrogen) atoms. The van der Waals surface area contributed by atoms with Gasteiger partial charge in [-0.3, -0.25) is 4.79 Å². The first kappa shape index (κ1) is 19.2. The Morgan fingerprint density at radius 3 is 2.79 bits per heavy atom. The lowest BCUT2D eigenvalue weighted by atomic mass is 9.77. The maximum atomic E-state index is 13.9. The molecule has 6 heteroatoms. The van der Waals surface area contributed by atoms with Crippen LogP contribution in [0.4, 0.5) is 4.39 Å². The molecule has 2 saturated carbocycles. The van der Waals surface area contributed by atoms with E-state index < -0.39 is 0 Å². The van der Waals surface area contributed by atoms with Crippen LogP contribution in [0.3, 0.4) is 0 Å². The molecule has 0 amide bonds. The smallest absolute Gasteiger partial charge is 0.309 e. The number of ether oxygens (including phenoxy) is 2. The molecular weight excluding hydrogens is 381 g/mol. The highest BCUT2D eigenvalue weighted by Crippen LogP contribution is 2.63. The van der Waals surface area contributed by atoms with E-state index in [1.807, 2.05) is 12.1 Å². The summed E-state index contributed by atoms with van der Waals surface area (Å²) in [5, 5.41) is 0.363. The fourth-order valence-electron chi connectivity index (χ4n) is 4.39. The van der Waals surface area contributed by atoms with Gasteiger partial charge in [0.1, 0.15) is 12.4 Å². The van der Waals surface area contributed by atoms with Gasteiger partial charge in [-0.15, -0.1) is 0 Å². The maximum Gasteiger partial charge on any atom is 0.309 e. The summed E-state index contributed by atoms with van der Waals surface area (Å²) in [6.07, 6.45) is 5.03. The molecule has 1 unspecified atom stereocenters. The second kappa shape index (κ2) is 7.70. The van der Waals surface area contributed by atoms with Gasteiger partial charge in [0.2, 0.25) is 5.88 Å². The minimum Gasteiger partial charge on any atom is -0.473 e. The molecule has 1 atom stereocenters. The third-order valence-electron chi connectivity index (χ3n) is 6.21. The Morgan fingerprint density at radius 2 is 2.07 bits per heavy atom. The van der Waals surface area contributed by atoms with E-state index in [0.29, 0.717) is 22.4 Å². The molecule has 1 spiro atoms. The zero-order valence-electron chi connectivity index (χ0n) is 15.8. The van der Waals surface area contributed by atoms with Crippen LogP contribution in [0, 0.1) is 17.2 Å². The van der Waals surface area contributed by atoms with Crippen molar-refractivity contribution in [3.63, 3.8) is 0 Å². The first-order chi connectivity index (χ1) is 13.5. The van der Waals surface area contributed by atoms with Crippen LogP contribution in [0.5, 0.6) is 5.88 Å². The van der Waals surface area contributed by atoms with Crippen molar-refractivity contribution in [1.29, 1.82) is 0 Å².